The topological polar surface area (TPSA) is 26.0 Å². The summed E-state index contributed by atoms with van der Waals surface area (Å²) in [6.07, 6.45) is 29.8. The average Bonchev–Trinajstić information content (AvgIpc) is 2.61. The fourth-order valence-electron chi connectivity index (χ4n) is 3.82. The first kappa shape index (κ1) is 24.7. The molecule has 0 saturated carbocycles. The summed E-state index contributed by atoms with van der Waals surface area (Å²) in [7, 11) is 0. The summed E-state index contributed by atoms with van der Waals surface area (Å²) in [6.45, 7) is 5.53. The highest BCUT2D eigenvalue weighted by atomic mass is 14.5. The minimum Gasteiger partial charge on any atom is -0.330 e. The van der Waals surface area contributed by atoms with Crippen LogP contribution in [0.2, 0.25) is 0 Å². The van der Waals surface area contributed by atoms with Gasteiger partial charge in [0.25, 0.3) is 0 Å². The standard InChI is InChI=1S/C24H49N/c1-3-20-24(21-4-2)22-18-16-14-12-10-8-6-5-7-9-11-13-15-17-19-23-25/h5-6,24H,3-4,7-23,25H2,1-2H3/b6-5-. The second-order valence-electron chi connectivity index (χ2n) is 7.96. The lowest BCUT2D eigenvalue weighted by atomic mass is 9.92. The van der Waals surface area contributed by atoms with Crippen LogP contribution in [0.15, 0.2) is 12.2 Å². The van der Waals surface area contributed by atoms with Crippen LogP contribution in [0.5, 0.6) is 0 Å². The molecule has 0 aromatic heterocycles. The third kappa shape index (κ3) is 19.9. The predicted molar refractivity (Wildman–Crippen MR) is 116 cm³/mol. The molecule has 0 aliphatic carbocycles. The van der Waals surface area contributed by atoms with Crippen LogP contribution in [0.1, 0.15) is 129 Å². The number of hydrogen-bond acceptors (Lipinski definition) is 1. The van der Waals surface area contributed by atoms with Gasteiger partial charge in [-0.1, -0.05) is 109 Å². The average molecular weight is 352 g/mol. The molecule has 0 radical (unpaired) electrons. The van der Waals surface area contributed by atoms with Crippen molar-refractivity contribution in [2.24, 2.45) is 11.7 Å². The van der Waals surface area contributed by atoms with Crippen LogP contribution < -0.4 is 5.73 Å². The van der Waals surface area contributed by atoms with Gasteiger partial charge in [-0.15, -0.1) is 0 Å². The van der Waals surface area contributed by atoms with Crippen LogP contribution in [0, 0.1) is 5.92 Å². The third-order valence-electron chi connectivity index (χ3n) is 5.37. The highest BCUT2D eigenvalue weighted by Gasteiger charge is 2.05. The lowest BCUT2D eigenvalue weighted by molar-refractivity contribution is 0.391. The molecule has 0 rings (SSSR count). The van der Waals surface area contributed by atoms with E-state index in [2.05, 4.69) is 26.0 Å². The summed E-state index contributed by atoms with van der Waals surface area (Å²) in [5.74, 6) is 1.01. The smallest absolute Gasteiger partial charge is 0.00773 e. The Balaban J connectivity index is 3.24. The van der Waals surface area contributed by atoms with Gasteiger partial charge in [0.1, 0.15) is 0 Å². The first-order valence-corrected chi connectivity index (χ1v) is 11.7. The quantitative estimate of drug-likeness (QED) is 0.174. The third-order valence-corrected chi connectivity index (χ3v) is 5.37. The molecule has 0 saturated heterocycles. The van der Waals surface area contributed by atoms with Gasteiger partial charge in [0.05, 0.1) is 0 Å². The highest BCUT2D eigenvalue weighted by molar-refractivity contribution is 4.81. The fraction of sp³-hybridized carbons (Fsp3) is 0.917. The van der Waals surface area contributed by atoms with Gasteiger partial charge >= 0.3 is 0 Å². The summed E-state index contributed by atoms with van der Waals surface area (Å²) >= 11 is 0. The Kier molecular flexibility index (Phi) is 21.5. The maximum atomic E-state index is 5.51. The SMILES string of the molecule is CCCC(CCC)CCCCCCC/C=C\CCCCCCCCN. The number of nitrogens with two attached hydrogens (primary N) is 1. The van der Waals surface area contributed by atoms with E-state index in [1.54, 1.807) is 0 Å². The molecule has 0 amide bonds. The lowest BCUT2D eigenvalue weighted by Gasteiger charge is -2.14. The zero-order valence-electron chi connectivity index (χ0n) is 17.7. The summed E-state index contributed by atoms with van der Waals surface area (Å²) in [6, 6.07) is 0. The van der Waals surface area contributed by atoms with E-state index >= 15 is 0 Å². The van der Waals surface area contributed by atoms with Crippen molar-refractivity contribution in [3.8, 4) is 0 Å². The Hall–Kier alpha value is -0.300. The Labute approximate surface area is 160 Å². The maximum absolute atomic E-state index is 5.51. The van der Waals surface area contributed by atoms with Crippen molar-refractivity contribution in [1.29, 1.82) is 0 Å². The van der Waals surface area contributed by atoms with E-state index in [-0.39, 0.29) is 0 Å². The number of unbranched alkanes of at least 4 members (excludes halogenated alkanes) is 11. The Morgan fingerprint density at radius 3 is 1.48 bits per heavy atom. The van der Waals surface area contributed by atoms with Crippen LogP contribution in [0.4, 0.5) is 0 Å². The Morgan fingerprint density at radius 1 is 0.560 bits per heavy atom. The van der Waals surface area contributed by atoms with Crippen LogP contribution in [0.25, 0.3) is 0 Å². The van der Waals surface area contributed by atoms with E-state index in [0.29, 0.717) is 0 Å². The highest BCUT2D eigenvalue weighted by Crippen LogP contribution is 2.21. The van der Waals surface area contributed by atoms with Gasteiger partial charge in [-0.05, 0) is 44.6 Å². The van der Waals surface area contributed by atoms with Gasteiger partial charge in [-0.25, -0.2) is 0 Å². The van der Waals surface area contributed by atoms with Gasteiger partial charge in [-0.2, -0.15) is 0 Å². The Bertz CT molecular complexity index is 253. The molecule has 0 fully saturated rings. The van der Waals surface area contributed by atoms with Crippen molar-refractivity contribution < 1.29 is 0 Å². The van der Waals surface area contributed by atoms with Crippen molar-refractivity contribution in [2.45, 2.75) is 129 Å². The lowest BCUT2D eigenvalue weighted by Crippen LogP contribution is -1.99. The predicted octanol–water partition coefficient (Wildman–Crippen LogP) is 8.18. The minimum absolute atomic E-state index is 0.862. The normalized spacial score (nSPS) is 11.8. The molecular formula is C24H49N. The van der Waals surface area contributed by atoms with E-state index in [4.69, 9.17) is 5.73 Å². The van der Waals surface area contributed by atoms with Crippen molar-refractivity contribution in [1.82, 2.24) is 0 Å². The molecule has 0 bridgehead atoms. The van der Waals surface area contributed by atoms with E-state index in [9.17, 15) is 0 Å². The second kappa shape index (κ2) is 21.7. The molecular weight excluding hydrogens is 302 g/mol. The molecule has 0 aromatic rings. The van der Waals surface area contributed by atoms with Gasteiger partial charge in [0.2, 0.25) is 0 Å². The van der Waals surface area contributed by atoms with Crippen molar-refractivity contribution in [3.63, 3.8) is 0 Å². The molecule has 0 aliphatic rings. The van der Waals surface area contributed by atoms with Crippen LogP contribution >= 0.6 is 0 Å². The first-order chi connectivity index (χ1) is 12.3. The molecule has 1 heteroatoms. The molecule has 0 atom stereocenters. The van der Waals surface area contributed by atoms with E-state index < -0.39 is 0 Å². The fourth-order valence-corrected chi connectivity index (χ4v) is 3.82. The first-order valence-electron chi connectivity index (χ1n) is 11.7. The molecule has 0 heterocycles. The number of hydrogen-bond donors (Lipinski definition) is 1. The molecule has 25 heavy (non-hydrogen) atoms. The van der Waals surface area contributed by atoms with Crippen LogP contribution in [0.3, 0.4) is 0 Å². The van der Waals surface area contributed by atoms with Crippen LogP contribution in [-0.2, 0) is 0 Å². The van der Waals surface area contributed by atoms with E-state index in [0.717, 1.165) is 12.5 Å². The van der Waals surface area contributed by atoms with Crippen molar-refractivity contribution >= 4 is 0 Å². The summed E-state index contributed by atoms with van der Waals surface area (Å²) < 4.78 is 0. The van der Waals surface area contributed by atoms with E-state index in [1.165, 1.54) is 116 Å². The molecule has 2 N–H and O–H groups in total. The molecule has 0 unspecified atom stereocenters. The molecule has 0 aliphatic heterocycles. The monoisotopic (exact) mass is 351 g/mol. The Morgan fingerprint density at radius 2 is 1.00 bits per heavy atom. The maximum Gasteiger partial charge on any atom is -0.00773 e. The second-order valence-corrected chi connectivity index (χ2v) is 7.96. The molecule has 150 valence electrons. The summed E-state index contributed by atoms with van der Waals surface area (Å²) in [5, 5.41) is 0. The minimum atomic E-state index is 0.862. The van der Waals surface area contributed by atoms with Crippen molar-refractivity contribution in [3.05, 3.63) is 12.2 Å². The molecule has 0 spiro atoms. The van der Waals surface area contributed by atoms with E-state index in [1.807, 2.05) is 0 Å². The zero-order chi connectivity index (χ0) is 18.4. The van der Waals surface area contributed by atoms with Crippen LogP contribution in [-0.4, -0.2) is 6.54 Å². The molecule has 1 nitrogen and oxygen atoms in total. The number of allylic oxidation sites excluding steroid dienone is 2. The largest absolute Gasteiger partial charge is 0.330 e. The van der Waals surface area contributed by atoms with Gasteiger partial charge in [0, 0.05) is 0 Å². The van der Waals surface area contributed by atoms with Gasteiger partial charge in [0.15, 0.2) is 0 Å². The number of rotatable bonds is 20. The molecule has 0 aromatic carbocycles. The van der Waals surface area contributed by atoms with Crippen molar-refractivity contribution in [2.75, 3.05) is 6.54 Å². The van der Waals surface area contributed by atoms with Gasteiger partial charge in [-0.3, -0.25) is 0 Å². The van der Waals surface area contributed by atoms with Gasteiger partial charge < -0.3 is 5.73 Å². The summed E-state index contributed by atoms with van der Waals surface area (Å²) in [5.41, 5.74) is 5.51. The zero-order valence-corrected chi connectivity index (χ0v) is 17.7. The summed E-state index contributed by atoms with van der Waals surface area (Å²) in [4.78, 5) is 0.